The molecule has 4 aromatic rings. The maximum atomic E-state index is 12.6. The van der Waals surface area contributed by atoms with Gasteiger partial charge in [0.1, 0.15) is 11.5 Å². The minimum absolute atomic E-state index is 0.297. The van der Waals surface area contributed by atoms with Gasteiger partial charge in [-0.05, 0) is 37.1 Å². The van der Waals surface area contributed by atoms with Gasteiger partial charge in [-0.15, -0.1) is 0 Å². The standard InChI is InChI=1S/C22H21N7O3/c30-21(14-5-6-19(23-12-14)29-9-7-13(8-10-29)22(31)32)26-18-11-17(27-28-18)20-24-15-3-1-2-4-16(15)25-20/h1-6,11-13H,7-10H2,(H,24,25)(H,31,32)(H2,26,27,28,30). The molecule has 1 saturated heterocycles. The van der Waals surface area contributed by atoms with Crippen LogP contribution in [-0.4, -0.2) is 55.2 Å². The molecule has 32 heavy (non-hydrogen) atoms. The summed E-state index contributed by atoms with van der Waals surface area (Å²) in [5.74, 6) is 0.386. The Morgan fingerprint density at radius 2 is 1.94 bits per heavy atom. The van der Waals surface area contributed by atoms with Crippen molar-refractivity contribution >= 4 is 34.5 Å². The van der Waals surface area contributed by atoms with E-state index in [2.05, 4.69) is 30.5 Å². The van der Waals surface area contributed by atoms with Crippen molar-refractivity contribution in [3.8, 4) is 11.5 Å². The molecule has 4 N–H and O–H groups in total. The monoisotopic (exact) mass is 431 g/mol. The summed E-state index contributed by atoms with van der Waals surface area (Å²) in [6, 6.07) is 12.9. The van der Waals surface area contributed by atoms with Crippen LogP contribution in [0.4, 0.5) is 11.6 Å². The van der Waals surface area contributed by atoms with E-state index in [1.54, 1.807) is 18.2 Å². The molecule has 0 bridgehead atoms. The number of carboxylic acids is 1. The quantitative estimate of drug-likeness (QED) is 0.381. The number of para-hydroxylation sites is 2. The first-order chi connectivity index (χ1) is 15.6. The number of nitrogens with zero attached hydrogens (tertiary/aromatic N) is 4. The Morgan fingerprint density at radius 1 is 1.12 bits per heavy atom. The number of anilines is 2. The molecule has 10 heteroatoms. The minimum atomic E-state index is -0.744. The molecule has 1 aromatic carbocycles. The Balaban J connectivity index is 1.23. The van der Waals surface area contributed by atoms with Crippen molar-refractivity contribution in [3.63, 3.8) is 0 Å². The lowest BCUT2D eigenvalue weighted by atomic mass is 9.97. The number of rotatable bonds is 5. The van der Waals surface area contributed by atoms with Crippen molar-refractivity contribution in [1.82, 2.24) is 25.1 Å². The van der Waals surface area contributed by atoms with Crippen LogP contribution in [0.1, 0.15) is 23.2 Å². The zero-order valence-electron chi connectivity index (χ0n) is 17.1. The number of carbonyl (C=O) groups is 2. The maximum absolute atomic E-state index is 12.6. The molecule has 5 rings (SSSR count). The fraction of sp³-hybridized carbons (Fsp3) is 0.227. The minimum Gasteiger partial charge on any atom is -0.481 e. The number of nitrogens with one attached hydrogen (secondary N) is 3. The molecule has 0 aliphatic carbocycles. The molecule has 0 spiro atoms. The smallest absolute Gasteiger partial charge is 0.306 e. The van der Waals surface area contributed by atoms with Gasteiger partial charge in [0.25, 0.3) is 5.91 Å². The van der Waals surface area contributed by atoms with E-state index in [0.717, 1.165) is 16.9 Å². The van der Waals surface area contributed by atoms with E-state index >= 15 is 0 Å². The van der Waals surface area contributed by atoms with Crippen LogP contribution in [0.15, 0.2) is 48.7 Å². The third kappa shape index (κ3) is 3.89. The summed E-state index contributed by atoms with van der Waals surface area (Å²) in [6.07, 6.45) is 2.69. The van der Waals surface area contributed by atoms with Crippen LogP contribution in [0.25, 0.3) is 22.6 Å². The predicted octanol–water partition coefficient (Wildman–Crippen LogP) is 2.90. The predicted molar refractivity (Wildman–Crippen MR) is 118 cm³/mol. The third-order valence-electron chi connectivity index (χ3n) is 5.64. The average molecular weight is 431 g/mol. The van der Waals surface area contributed by atoms with Gasteiger partial charge >= 0.3 is 5.97 Å². The van der Waals surface area contributed by atoms with E-state index in [9.17, 15) is 9.59 Å². The second-order valence-corrected chi connectivity index (χ2v) is 7.73. The molecular formula is C22H21N7O3. The summed E-state index contributed by atoms with van der Waals surface area (Å²) in [5.41, 5.74) is 2.83. The van der Waals surface area contributed by atoms with Crippen LogP contribution in [0.3, 0.4) is 0 Å². The van der Waals surface area contributed by atoms with Gasteiger partial charge in [0.2, 0.25) is 0 Å². The topological polar surface area (TPSA) is 140 Å². The number of aromatic amines is 2. The van der Waals surface area contributed by atoms with Crippen LogP contribution < -0.4 is 10.2 Å². The number of benzene rings is 1. The fourth-order valence-electron chi connectivity index (χ4n) is 3.84. The molecule has 4 heterocycles. The van der Waals surface area contributed by atoms with Gasteiger partial charge in [0, 0.05) is 25.4 Å². The Morgan fingerprint density at radius 3 is 2.66 bits per heavy atom. The highest BCUT2D eigenvalue weighted by atomic mass is 16.4. The number of aliphatic carboxylic acids is 1. The fourth-order valence-corrected chi connectivity index (χ4v) is 3.84. The first-order valence-electron chi connectivity index (χ1n) is 10.3. The van der Waals surface area contributed by atoms with Crippen molar-refractivity contribution in [2.24, 2.45) is 5.92 Å². The molecule has 1 amide bonds. The summed E-state index contributed by atoms with van der Waals surface area (Å²) in [7, 11) is 0. The van der Waals surface area contributed by atoms with E-state index in [4.69, 9.17) is 5.11 Å². The summed E-state index contributed by atoms with van der Waals surface area (Å²) >= 11 is 0. The molecule has 10 nitrogen and oxygen atoms in total. The van der Waals surface area contributed by atoms with Crippen LogP contribution in [0, 0.1) is 5.92 Å². The first kappa shape index (κ1) is 19.7. The lowest BCUT2D eigenvalue weighted by Crippen LogP contribution is -2.36. The van der Waals surface area contributed by atoms with Crippen LogP contribution in [0.5, 0.6) is 0 Å². The number of imidazole rings is 1. The Bertz CT molecular complexity index is 1240. The molecule has 3 aromatic heterocycles. The van der Waals surface area contributed by atoms with Gasteiger partial charge in [-0.3, -0.25) is 14.7 Å². The molecule has 162 valence electrons. The van der Waals surface area contributed by atoms with Crippen LogP contribution >= 0.6 is 0 Å². The molecule has 1 aliphatic heterocycles. The molecule has 0 atom stereocenters. The highest BCUT2D eigenvalue weighted by Crippen LogP contribution is 2.23. The number of amides is 1. The van der Waals surface area contributed by atoms with E-state index in [-0.39, 0.29) is 11.8 Å². The third-order valence-corrected chi connectivity index (χ3v) is 5.64. The number of pyridine rings is 1. The SMILES string of the molecule is O=C(Nc1cc(-c2nc3ccccc3[nH]2)[nH]n1)c1ccc(N2CCC(C(=O)O)CC2)nc1. The Kier molecular flexibility index (Phi) is 5.02. The van der Waals surface area contributed by atoms with Gasteiger partial charge in [-0.25, -0.2) is 9.97 Å². The molecule has 0 saturated carbocycles. The number of aromatic nitrogens is 5. The zero-order chi connectivity index (χ0) is 22.1. The number of fused-ring (bicyclic) bond motifs is 1. The number of piperidine rings is 1. The number of hydrogen-bond donors (Lipinski definition) is 4. The van der Waals surface area contributed by atoms with Gasteiger partial charge in [-0.2, -0.15) is 5.10 Å². The van der Waals surface area contributed by atoms with Gasteiger partial charge in [0.05, 0.1) is 22.5 Å². The summed E-state index contributed by atoms with van der Waals surface area (Å²) in [4.78, 5) is 37.9. The zero-order valence-corrected chi connectivity index (χ0v) is 17.1. The Labute approximate surface area is 182 Å². The molecule has 0 radical (unpaired) electrons. The van der Waals surface area contributed by atoms with Crippen molar-refractivity contribution in [2.75, 3.05) is 23.3 Å². The van der Waals surface area contributed by atoms with Crippen molar-refractivity contribution in [2.45, 2.75) is 12.8 Å². The van der Waals surface area contributed by atoms with E-state index in [1.165, 1.54) is 6.20 Å². The first-order valence-corrected chi connectivity index (χ1v) is 10.3. The summed E-state index contributed by atoms with van der Waals surface area (Å²) in [6.45, 7) is 1.26. The number of H-pyrrole nitrogens is 2. The molecule has 0 unspecified atom stereocenters. The summed E-state index contributed by atoms with van der Waals surface area (Å²) < 4.78 is 0. The number of hydrogen-bond acceptors (Lipinski definition) is 6. The summed E-state index contributed by atoms with van der Waals surface area (Å²) in [5, 5.41) is 18.9. The maximum Gasteiger partial charge on any atom is 0.306 e. The van der Waals surface area contributed by atoms with Gasteiger partial charge in [0.15, 0.2) is 11.6 Å². The van der Waals surface area contributed by atoms with E-state index in [0.29, 0.717) is 48.8 Å². The highest BCUT2D eigenvalue weighted by molar-refractivity contribution is 6.03. The molecule has 1 fully saturated rings. The van der Waals surface area contributed by atoms with Crippen molar-refractivity contribution in [1.29, 1.82) is 0 Å². The highest BCUT2D eigenvalue weighted by Gasteiger charge is 2.25. The molecule has 1 aliphatic rings. The average Bonchev–Trinajstić information content (AvgIpc) is 3.46. The number of carbonyl (C=O) groups excluding carboxylic acids is 1. The van der Waals surface area contributed by atoms with Gasteiger partial charge < -0.3 is 20.3 Å². The van der Waals surface area contributed by atoms with Crippen molar-refractivity contribution in [3.05, 3.63) is 54.2 Å². The molecular weight excluding hydrogens is 410 g/mol. The lowest BCUT2D eigenvalue weighted by Gasteiger charge is -2.30. The van der Waals surface area contributed by atoms with Crippen molar-refractivity contribution < 1.29 is 14.7 Å². The van der Waals surface area contributed by atoms with Crippen LogP contribution in [0.2, 0.25) is 0 Å². The second kappa shape index (κ2) is 8.14. The Hall–Kier alpha value is -4.21. The normalized spacial score (nSPS) is 14.6. The van der Waals surface area contributed by atoms with E-state index in [1.807, 2.05) is 29.2 Å². The van der Waals surface area contributed by atoms with Gasteiger partial charge in [-0.1, -0.05) is 12.1 Å². The largest absolute Gasteiger partial charge is 0.481 e. The van der Waals surface area contributed by atoms with E-state index < -0.39 is 5.97 Å². The van der Waals surface area contributed by atoms with Crippen LogP contribution in [-0.2, 0) is 4.79 Å². The second-order valence-electron chi connectivity index (χ2n) is 7.73. The lowest BCUT2D eigenvalue weighted by molar-refractivity contribution is -0.142. The number of carboxylic acid groups (broad SMARTS) is 1.